The molecular formula is C21H23ClFN3. The number of pyridine rings is 1. The number of nitrogens with one attached hydrogen (secondary N) is 1. The summed E-state index contributed by atoms with van der Waals surface area (Å²) in [6, 6.07) is 9.52. The first-order valence-electron chi connectivity index (χ1n) is 8.92. The highest BCUT2D eigenvalue weighted by molar-refractivity contribution is 6.29. The number of hydrogen-bond acceptors (Lipinski definition) is 3. The Morgan fingerprint density at radius 3 is 2.69 bits per heavy atom. The third kappa shape index (κ3) is 4.34. The van der Waals surface area contributed by atoms with Crippen molar-refractivity contribution in [1.82, 2.24) is 4.98 Å². The molecule has 1 aromatic carbocycles. The zero-order valence-corrected chi connectivity index (χ0v) is 16.1. The van der Waals surface area contributed by atoms with Gasteiger partial charge in [0.25, 0.3) is 0 Å². The highest BCUT2D eigenvalue weighted by Gasteiger charge is 2.26. The van der Waals surface area contributed by atoms with E-state index in [1.54, 1.807) is 0 Å². The van der Waals surface area contributed by atoms with Crippen LogP contribution < -0.4 is 5.32 Å². The Labute approximate surface area is 159 Å². The van der Waals surface area contributed by atoms with E-state index >= 15 is 0 Å². The summed E-state index contributed by atoms with van der Waals surface area (Å²) in [6.45, 7) is 6.19. The van der Waals surface area contributed by atoms with Crippen LogP contribution in [0.3, 0.4) is 0 Å². The fraction of sp³-hybridized carbons (Fsp3) is 0.429. The minimum atomic E-state index is -0.436. The summed E-state index contributed by atoms with van der Waals surface area (Å²) in [5, 5.41) is 12.7. The molecule has 1 aromatic heterocycles. The number of benzene rings is 1. The van der Waals surface area contributed by atoms with Gasteiger partial charge in [0.15, 0.2) is 0 Å². The first kappa shape index (κ1) is 18.7. The van der Waals surface area contributed by atoms with E-state index < -0.39 is 5.41 Å². The van der Waals surface area contributed by atoms with Gasteiger partial charge < -0.3 is 5.32 Å². The summed E-state index contributed by atoms with van der Waals surface area (Å²) in [7, 11) is 0. The van der Waals surface area contributed by atoms with Gasteiger partial charge in [-0.1, -0.05) is 11.6 Å². The number of rotatable bonds is 6. The molecule has 26 heavy (non-hydrogen) atoms. The molecule has 1 aliphatic rings. The maximum absolute atomic E-state index is 14.4. The van der Waals surface area contributed by atoms with Crippen molar-refractivity contribution in [2.45, 2.75) is 46.0 Å². The number of anilines is 1. The Bertz CT molecular complexity index is 866. The molecular weight excluding hydrogens is 349 g/mol. The third-order valence-electron chi connectivity index (χ3n) is 4.80. The van der Waals surface area contributed by atoms with Gasteiger partial charge in [-0.3, -0.25) is 0 Å². The minimum absolute atomic E-state index is 0.288. The first-order valence-corrected chi connectivity index (χ1v) is 9.30. The molecule has 1 saturated carbocycles. The Kier molecular flexibility index (Phi) is 5.20. The Balaban J connectivity index is 1.88. The van der Waals surface area contributed by atoms with Gasteiger partial charge in [0, 0.05) is 18.2 Å². The van der Waals surface area contributed by atoms with E-state index in [0.717, 1.165) is 35.2 Å². The number of nitrogens with zero attached hydrogens (tertiary/aromatic N) is 2. The molecule has 0 unspecified atom stereocenters. The van der Waals surface area contributed by atoms with Crippen molar-refractivity contribution in [3.63, 3.8) is 0 Å². The average Bonchev–Trinajstić information content (AvgIpc) is 3.41. The Morgan fingerprint density at radius 1 is 1.31 bits per heavy atom. The van der Waals surface area contributed by atoms with Crippen LogP contribution in [0.5, 0.6) is 0 Å². The van der Waals surface area contributed by atoms with Crippen LogP contribution in [0.1, 0.15) is 50.3 Å². The van der Waals surface area contributed by atoms with Crippen LogP contribution in [0.4, 0.5) is 10.1 Å². The maximum Gasteiger partial charge on any atom is 0.146 e. The molecule has 5 heteroatoms. The van der Waals surface area contributed by atoms with Crippen LogP contribution in [0, 0.1) is 29.5 Å². The Morgan fingerprint density at radius 2 is 2.04 bits per heavy atom. The highest BCUT2D eigenvalue weighted by atomic mass is 35.5. The van der Waals surface area contributed by atoms with E-state index in [9.17, 15) is 4.39 Å². The molecule has 0 aliphatic heterocycles. The van der Waals surface area contributed by atoms with E-state index in [0.29, 0.717) is 29.7 Å². The molecule has 0 bridgehead atoms. The fourth-order valence-corrected chi connectivity index (χ4v) is 3.16. The normalized spacial score (nSPS) is 14.2. The zero-order chi connectivity index (χ0) is 18.9. The summed E-state index contributed by atoms with van der Waals surface area (Å²) >= 11 is 6.21. The molecule has 1 N–H and O–H groups in total. The van der Waals surface area contributed by atoms with Crippen molar-refractivity contribution in [1.29, 1.82) is 5.26 Å². The van der Waals surface area contributed by atoms with Crippen LogP contribution in [-0.2, 0) is 0 Å². The van der Waals surface area contributed by atoms with Crippen LogP contribution in [0.2, 0.25) is 5.15 Å². The van der Waals surface area contributed by atoms with Crippen molar-refractivity contribution < 1.29 is 4.39 Å². The van der Waals surface area contributed by atoms with Crippen molar-refractivity contribution >= 4 is 17.3 Å². The zero-order valence-electron chi connectivity index (χ0n) is 15.4. The number of nitriles is 1. The first-order chi connectivity index (χ1) is 12.3. The van der Waals surface area contributed by atoms with Crippen LogP contribution in [0.15, 0.2) is 24.3 Å². The summed E-state index contributed by atoms with van der Waals surface area (Å²) in [6.07, 6.45) is 2.94. The molecule has 0 saturated heterocycles. The molecule has 2 aromatic rings. The molecule has 3 nitrogen and oxygen atoms in total. The number of hydrogen-bond donors (Lipinski definition) is 1. The lowest BCUT2D eigenvalue weighted by atomic mass is 9.91. The molecule has 3 rings (SSSR count). The molecule has 1 fully saturated rings. The van der Waals surface area contributed by atoms with E-state index in [1.165, 1.54) is 6.07 Å². The smallest absolute Gasteiger partial charge is 0.146 e. The predicted octanol–water partition coefficient (Wildman–Crippen LogP) is 6.08. The molecule has 0 radical (unpaired) electrons. The number of halogens is 2. The second kappa shape index (κ2) is 7.25. The standard InChI is InChI=1S/C21H23ClFN3/c1-13-8-17(23)19(25-7-6-21(2,3)12-24)11-16(13)15-9-18(14-4-5-14)26-20(22)10-15/h8-11,14,25H,4-7H2,1-3H3. The largest absolute Gasteiger partial charge is 0.383 e. The summed E-state index contributed by atoms with van der Waals surface area (Å²) in [5.41, 5.74) is 3.79. The van der Waals surface area contributed by atoms with Gasteiger partial charge in [0.2, 0.25) is 0 Å². The lowest BCUT2D eigenvalue weighted by Crippen LogP contribution is -2.15. The predicted molar refractivity (Wildman–Crippen MR) is 104 cm³/mol. The second-order valence-corrected chi connectivity index (χ2v) is 8.08. The maximum atomic E-state index is 14.4. The van der Waals surface area contributed by atoms with E-state index in [2.05, 4.69) is 22.4 Å². The molecule has 1 aliphatic carbocycles. The van der Waals surface area contributed by atoms with E-state index in [1.807, 2.05) is 32.9 Å². The summed E-state index contributed by atoms with van der Waals surface area (Å²) < 4.78 is 14.4. The van der Waals surface area contributed by atoms with Crippen LogP contribution in [-0.4, -0.2) is 11.5 Å². The summed E-state index contributed by atoms with van der Waals surface area (Å²) in [5.74, 6) is 0.211. The minimum Gasteiger partial charge on any atom is -0.383 e. The van der Waals surface area contributed by atoms with Gasteiger partial charge in [-0.15, -0.1) is 0 Å². The topological polar surface area (TPSA) is 48.7 Å². The summed E-state index contributed by atoms with van der Waals surface area (Å²) in [4.78, 5) is 4.42. The lowest BCUT2D eigenvalue weighted by molar-refractivity contribution is 0.466. The number of aryl methyl sites for hydroxylation is 1. The monoisotopic (exact) mass is 371 g/mol. The fourth-order valence-electron chi connectivity index (χ4n) is 2.95. The van der Waals surface area contributed by atoms with Crippen LogP contribution in [0.25, 0.3) is 11.1 Å². The van der Waals surface area contributed by atoms with Crippen molar-refractivity contribution in [2.24, 2.45) is 5.41 Å². The number of aromatic nitrogens is 1. The molecule has 1 heterocycles. The van der Waals surface area contributed by atoms with Gasteiger partial charge in [-0.25, -0.2) is 9.37 Å². The second-order valence-electron chi connectivity index (χ2n) is 7.70. The molecule has 136 valence electrons. The van der Waals surface area contributed by atoms with Gasteiger partial charge in [0.05, 0.1) is 17.2 Å². The third-order valence-corrected chi connectivity index (χ3v) is 5.00. The van der Waals surface area contributed by atoms with Crippen molar-refractivity contribution in [2.75, 3.05) is 11.9 Å². The van der Waals surface area contributed by atoms with Gasteiger partial charge in [-0.2, -0.15) is 5.26 Å². The lowest BCUT2D eigenvalue weighted by Gasteiger charge is -2.17. The average molecular weight is 372 g/mol. The highest BCUT2D eigenvalue weighted by Crippen LogP contribution is 2.41. The molecule has 0 spiro atoms. The van der Waals surface area contributed by atoms with Gasteiger partial charge in [0.1, 0.15) is 11.0 Å². The van der Waals surface area contributed by atoms with Crippen molar-refractivity contribution in [3.8, 4) is 17.2 Å². The molecule has 0 amide bonds. The SMILES string of the molecule is Cc1cc(F)c(NCCC(C)(C)C#N)cc1-c1cc(Cl)nc(C2CC2)c1. The quantitative estimate of drug-likeness (QED) is 0.626. The van der Waals surface area contributed by atoms with Gasteiger partial charge >= 0.3 is 0 Å². The van der Waals surface area contributed by atoms with Gasteiger partial charge in [-0.05, 0) is 81.0 Å². The van der Waals surface area contributed by atoms with Crippen molar-refractivity contribution in [3.05, 3.63) is 46.5 Å². The van der Waals surface area contributed by atoms with E-state index in [4.69, 9.17) is 16.9 Å². The molecule has 0 atom stereocenters. The Hall–Kier alpha value is -2.12. The van der Waals surface area contributed by atoms with E-state index in [-0.39, 0.29) is 5.82 Å². The van der Waals surface area contributed by atoms with Crippen LogP contribution >= 0.6 is 11.6 Å².